The molecule has 172 valence electrons. The van der Waals surface area contributed by atoms with E-state index in [-0.39, 0.29) is 11.4 Å². The molecule has 0 aliphatic carbocycles. The molecule has 3 amide bonds. The number of carbonyl (C=O) groups excluding carboxylic acids is 3. The van der Waals surface area contributed by atoms with Crippen molar-refractivity contribution in [2.45, 2.75) is 6.92 Å². The summed E-state index contributed by atoms with van der Waals surface area (Å²) in [5, 5.41) is 5.47. The molecule has 0 atom stereocenters. The minimum absolute atomic E-state index is 0.0590. The van der Waals surface area contributed by atoms with Gasteiger partial charge in [-0.1, -0.05) is 28.1 Å². The Morgan fingerprint density at radius 1 is 0.882 bits per heavy atom. The number of benzene rings is 3. The first kappa shape index (κ1) is 23.1. The Balaban J connectivity index is 1.63. The molecule has 3 aromatic carbocycles. The molecular formula is C24H17BrF2N4O3. The molecule has 3 N–H and O–H groups in total. The molecule has 0 aliphatic heterocycles. The van der Waals surface area contributed by atoms with Crippen LogP contribution in [-0.2, 0) is 9.59 Å². The lowest BCUT2D eigenvalue weighted by molar-refractivity contribution is -0.133. The van der Waals surface area contributed by atoms with Crippen molar-refractivity contribution in [3.8, 4) is 0 Å². The summed E-state index contributed by atoms with van der Waals surface area (Å²) >= 11 is 3.36. The number of aromatic nitrogens is 1. The van der Waals surface area contributed by atoms with Crippen LogP contribution in [0.4, 0.5) is 20.2 Å². The SMILES string of the molecule is Cc1cccc(NC(=O)c2cc3cc(Br)ccc3n2NC(=O)C(=O)Nc2ccc(F)cc2F)c1. The molecule has 0 saturated heterocycles. The first-order valence-corrected chi connectivity index (χ1v) is 10.8. The van der Waals surface area contributed by atoms with Gasteiger partial charge in [-0.25, -0.2) is 13.5 Å². The zero-order valence-corrected chi connectivity index (χ0v) is 19.2. The second-order valence-electron chi connectivity index (χ2n) is 7.41. The molecule has 0 unspecified atom stereocenters. The fraction of sp³-hybridized carbons (Fsp3) is 0.0417. The number of nitrogens with zero attached hydrogens (tertiary/aromatic N) is 1. The molecule has 0 bridgehead atoms. The van der Waals surface area contributed by atoms with E-state index < -0.39 is 29.4 Å². The second-order valence-corrected chi connectivity index (χ2v) is 8.33. The number of amides is 3. The van der Waals surface area contributed by atoms with Gasteiger partial charge in [0.15, 0.2) is 0 Å². The van der Waals surface area contributed by atoms with Gasteiger partial charge in [0.1, 0.15) is 17.3 Å². The van der Waals surface area contributed by atoms with Crippen LogP contribution in [0.25, 0.3) is 10.9 Å². The van der Waals surface area contributed by atoms with Gasteiger partial charge in [-0.15, -0.1) is 0 Å². The van der Waals surface area contributed by atoms with Crippen LogP contribution in [0.2, 0.25) is 0 Å². The molecule has 4 aromatic rings. The van der Waals surface area contributed by atoms with E-state index in [2.05, 4.69) is 32.0 Å². The van der Waals surface area contributed by atoms with Crippen molar-refractivity contribution in [1.82, 2.24) is 4.68 Å². The lowest BCUT2D eigenvalue weighted by atomic mass is 10.2. The fourth-order valence-electron chi connectivity index (χ4n) is 3.31. The zero-order chi connectivity index (χ0) is 24.4. The van der Waals surface area contributed by atoms with Gasteiger partial charge in [-0.05, 0) is 61.0 Å². The third kappa shape index (κ3) is 4.96. The number of halogens is 3. The lowest BCUT2D eigenvalue weighted by Gasteiger charge is -2.13. The van der Waals surface area contributed by atoms with Gasteiger partial charge in [-0.2, -0.15) is 0 Å². The maximum Gasteiger partial charge on any atom is 0.328 e. The van der Waals surface area contributed by atoms with Crippen molar-refractivity contribution in [2.75, 3.05) is 16.1 Å². The van der Waals surface area contributed by atoms with E-state index in [4.69, 9.17) is 0 Å². The molecule has 7 nitrogen and oxygen atoms in total. The average molecular weight is 527 g/mol. The maximum absolute atomic E-state index is 13.9. The van der Waals surface area contributed by atoms with Crippen LogP contribution in [0.5, 0.6) is 0 Å². The van der Waals surface area contributed by atoms with Crippen LogP contribution in [-0.4, -0.2) is 22.4 Å². The first-order chi connectivity index (χ1) is 16.2. The van der Waals surface area contributed by atoms with Crippen molar-refractivity contribution < 1.29 is 23.2 Å². The van der Waals surface area contributed by atoms with Crippen LogP contribution >= 0.6 is 15.9 Å². The van der Waals surface area contributed by atoms with Crippen molar-refractivity contribution >= 4 is 55.9 Å². The van der Waals surface area contributed by atoms with Gasteiger partial charge in [0.2, 0.25) is 0 Å². The van der Waals surface area contributed by atoms with Crippen LogP contribution in [0.1, 0.15) is 16.1 Å². The number of nitrogens with one attached hydrogen (secondary N) is 3. The number of hydrogen-bond acceptors (Lipinski definition) is 3. The molecule has 0 spiro atoms. The highest BCUT2D eigenvalue weighted by molar-refractivity contribution is 9.10. The monoisotopic (exact) mass is 526 g/mol. The maximum atomic E-state index is 13.9. The summed E-state index contributed by atoms with van der Waals surface area (Å²) in [5.74, 6) is -4.74. The molecule has 0 radical (unpaired) electrons. The number of fused-ring (bicyclic) bond motifs is 1. The van der Waals surface area contributed by atoms with Crippen molar-refractivity contribution in [2.24, 2.45) is 0 Å². The van der Waals surface area contributed by atoms with Crippen LogP contribution < -0.4 is 16.1 Å². The van der Waals surface area contributed by atoms with Gasteiger partial charge in [-0.3, -0.25) is 19.8 Å². The minimum atomic E-state index is -1.20. The van der Waals surface area contributed by atoms with E-state index in [9.17, 15) is 23.2 Å². The van der Waals surface area contributed by atoms with Crippen molar-refractivity contribution in [1.29, 1.82) is 0 Å². The number of rotatable bonds is 4. The molecule has 34 heavy (non-hydrogen) atoms. The molecule has 1 heterocycles. The number of anilines is 2. The van der Waals surface area contributed by atoms with Gasteiger partial charge in [0.05, 0.1) is 11.2 Å². The Bertz CT molecular complexity index is 1450. The summed E-state index contributed by atoms with van der Waals surface area (Å²) in [6.07, 6.45) is 0. The molecular weight excluding hydrogens is 510 g/mol. The highest BCUT2D eigenvalue weighted by Crippen LogP contribution is 2.24. The lowest BCUT2D eigenvalue weighted by Crippen LogP contribution is -2.36. The van der Waals surface area contributed by atoms with E-state index in [0.717, 1.165) is 22.2 Å². The van der Waals surface area contributed by atoms with Crippen LogP contribution in [0.15, 0.2) is 71.2 Å². The third-order valence-electron chi connectivity index (χ3n) is 4.87. The van der Waals surface area contributed by atoms with E-state index in [1.165, 1.54) is 4.68 Å². The Kier molecular flexibility index (Phi) is 6.42. The summed E-state index contributed by atoms with van der Waals surface area (Å²) in [5.41, 5.74) is 4.02. The highest BCUT2D eigenvalue weighted by Gasteiger charge is 2.22. The molecule has 0 aliphatic rings. The largest absolute Gasteiger partial charge is 0.328 e. The van der Waals surface area contributed by atoms with Crippen molar-refractivity contribution in [3.63, 3.8) is 0 Å². The predicted octanol–water partition coefficient (Wildman–Crippen LogP) is 4.95. The summed E-state index contributed by atoms with van der Waals surface area (Å²) in [6.45, 7) is 1.88. The van der Waals surface area contributed by atoms with Crippen LogP contribution in [0, 0.1) is 18.6 Å². The molecule has 0 saturated carbocycles. The Morgan fingerprint density at radius 3 is 2.41 bits per heavy atom. The van der Waals surface area contributed by atoms with Gasteiger partial charge < -0.3 is 10.6 Å². The third-order valence-corrected chi connectivity index (χ3v) is 5.36. The van der Waals surface area contributed by atoms with E-state index in [1.54, 1.807) is 42.5 Å². The Hall–Kier alpha value is -4.05. The normalized spacial score (nSPS) is 10.7. The molecule has 10 heteroatoms. The van der Waals surface area contributed by atoms with E-state index in [1.807, 2.05) is 13.0 Å². The molecule has 0 fully saturated rings. The Morgan fingerprint density at radius 2 is 1.68 bits per heavy atom. The number of hydrogen-bond donors (Lipinski definition) is 3. The number of aryl methyl sites for hydroxylation is 1. The molecule has 1 aromatic heterocycles. The Labute approximate surface area is 200 Å². The standard InChI is InChI=1S/C24H17BrF2N4O3/c1-13-3-2-4-17(9-13)28-22(32)21-11-14-10-15(25)5-8-20(14)31(21)30-24(34)23(33)29-19-7-6-16(26)12-18(19)27/h2-12H,1H3,(H,28,32)(H,29,33)(H,30,34). The van der Waals surface area contributed by atoms with E-state index in [0.29, 0.717) is 22.7 Å². The van der Waals surface area contributed by atoms with E-state index >= 15 is 0 Å². The minimum Gasteiger partial charge on any atom is -0.321 e. The average Bonchev–Trinajstić information content (AvgIpc) is 3.13. The quantitative estimate of drug-likeness (QED) is 0.328. The van der Waals surface area contributed by atoms with Crippen molar-refractivity contribution in [3.05, 3.63) is 94.1 Å². The first-order valence-electron chi connectivity index (χ1n) is 9.97. The smallest absolute Gasteiger partial charge is 0.321 e. The van der Waals surface area contributed by atoms with Crippen LogP contribution in [0.3, 0.4) is 0 Å². The summed E-state index contributed by atoms with van der Waals surface area (Å²) in [4.78, 5) is 38.0. The predicted molar refractivity (Wildman–Crippen MR) is 128 cm³/mol. The summed E-state index contributed by atoms with van der Waals surface area (Å²) in [7, 11) is 0. The second kappa shape index (κ2) is 9.44. The highest BCUT2D eigenvalue weighted by atomic mass is 79.9. The van der Waals surface area contributed by atoms with Gasteiger partial charge in [0, 0.05) is 21.6 Å². The topological polar surface area (TPSA) is 92.2 Å². The fourth-order valence-corrected chi connectivity index (χ4v) is 3.69. The number of carbonyl (C=O) groups is 3. The van der Waals surface area contributed by atoms with Gasteiger partial charge in [0.25, 0.3) is 5.91 Å². The summed E-state index contributed by atoms with van der Waals surface area (Å²) < 4.78 is 28.9. The van der Waals surface area contributed by atoms with Gasteiger partial charge >= 0.3 is 11.8 Å². The summed E-state index contributed by atoms with van der Waals surface area (Å²) in [6, 6.07) is 16.4. The molecule has 4 rings (SSSR count). The zero-order valence-electron chi connectivity index (χ0n) is 17.7.